The number of imidazole rings is 1. The fourth-order valence-electron chi connectivity index (χ4n) is 3.89. The van der Waals surface area contributed by atoms with Crippen LogP contribution in [0.15, 0.2) is 61.1 Å². The summed E-state index contributed by atoms with van der Waals surface area (Å²) in [6.07, 6.45) is 4.15. The summed E-state index contributed by atoms with van der Waals surface area (Å²) in [6.45, 7) is 7.12. The van der Waals surface area contributed by atoms with Crippen molar-refractivity contribution in [1.82, 2.24) is 20.6 Å². The lowest BCUT2D eigenvalue weighted by Crippen LogP contribution is -2.41. The number of hydrogen-bond donors (Lipinski definition) is 5. The summed E-state index contributed by atoms with van der Waals surface area (Å²) in [6, 6.07) is 12.7. The van der Waals surface area contributed by atoms with E-state index in [0.717, 1.165) is 17.7 Å². The largest absolute Gasteiger partial charge is 0.480 e. The number of carbonyl (C=O) groups is 4. The average Bonchev–Trinajstić information content (AvgIpc) is 3.45. The lowest BCUT2D eigenvalue weighted by atomic mass is 9.99. The molecule has 0 spiro atoms. The van der Waals surface area contributed by atoms with Crippen molar-refractivity contribution in [2.45, 2.75) is 65.7 Å². The van der Waals surface area contributed by atoms with Crippen LogP contribution in [0.25, 0.3) is 0 Å². The van der Waals surface area contributed by atoms with E-state index in [2.05, 4.69) is 20.6 Å². The highest BCUT2D eigenvalue weighted by molar-refractivity contribution is 5.74. The second-order valence-corrected chi connectivity index (χ2v) is 9.54. The van der Waals surface area contributed by atoms with Gasteiger partial charge < -0.3 is 24.7 Å². The Morgan fingerprint density at radius 2 is 1.38 bits per heavy atom. The van der Waals surface area contributed by atoms with Crippen LogP contribution in [0.4, 0.5) is 0 Å². The van der Waals surface area contributed by atoms with Crippen LogP contribution in [0.1, 0.15) is 50.9 Å². The smallest absolute Gasteiger partial charge is 0.321 e. The molecule has 0 aliphatic heterocycles. The van der Waals surface area contributed by atoms with Crippen molar-refractivity contribution in [3.8, 4) is 11.5 Å². The third-order valence-corrected chi connectivity index (χ3v) is 6.26. The minimum Gasteiger partial charge on any atom is -0.480 e. The van der Waals surface area contributed by atoms with Crippen molar-refractivity contribution in [3.63, 3.8) is 0 Å². The number of carbonyl (C=O) groups excluding carboxylic acids is 2. The number of aliphatic carboxylic acids is 2. The summed E-state index contributed by atoms with van der Waals surface area (Å²) in [4.78, 5) is 51.4. The van der Waals surface area contributed by atoms with Crippen LogP contribution >= 0.6 is 0 Å². The number of aromatic nitrogens is 2. The maximum atomic E-state index is 11.3. The zero-order chi connectivity index (χ0) is 31.1. The minimum absolute atomic E-state index is 0.0217. The first-order valence-electron chi connectivity index (χ1n) is 13.4. The number of carboxylic acid groups (broad SMARTS) is 2. The summed E-state index contributed by atoms with van der Waals surface area (Å²) in [7, 11) is 0. The van der Waals surface area contributed by atoms with Crippen molar-refractivity contribution >= 4 is 23.9 Å². The van der Waals surface area contributed by atoms with Crippen LogP contribution in [0.5, 0.6) is 11.5 Å². The minimum atomic E-state index is -0.959. The summed E-state index contributed by atoms with van der Waals surface area (Å²) in [5, 5.41) is 24.5. The van der Waals surface area contributed by atoms with Gasteiger partial charge in [-0.1, -0.05) is 56.7 Å². The van der Waals surface area contributed by atoms with Crippen LogP contribution in [-0.2, 0) is 38.7 Å². The molecule has 226 valence electrons. The van der Waals surface area contributed by atoms with Gasteiger partial charge in [-0.2, -0.15) is 0 Å². The number of aromatic amines is 1. The van der Waals surface area contributed by atoms with E-state index >= 15 is 0 Å². The molecule has 1 heterocycles. The zero-order valence-electron chi connectivity index (χ0n) is 24.1. The number of benzene rings is 2. The zero-order valence-corrected chi connectivity index (χ0v) is 24.1. The van der Waals surface area contributed by atoms with Gasteiger partial charge >= 0.3 is 23.9 Å². The number of para-hydroxylation sites is 2. The van der Waals surface area contributed by atoms with E-state index < -0.39 is 36.0 Å². The van der Waals surface area contributed by atoms with Gasteiger partial charge in [0.05, 0.1) is 6.33 Å². The van der Waals surface area contributed by atoms with E-state index in [4.69, 9.17) is 9.47 Å². The lowest BCUT2D eigenvalue weighted by Gasteiger charge is -2.20. The number of carboxylic acids is 2. The van der Waals surface area contributed by atoms with Crippen LogP contribution < -0.4 is 20.1 Å². The molecule has 5 N–H and O–H groups in total. The Labute approximate surface area is 244 Å². The molecule has 0 bridgehead atoms. The quantitative estimate of drug-likeness (QED) is 0.139. The third-order valence-electron chi connectivity index (χ3n) is 6.26. The molecule has 0 saturated heterocycles. The summed E-state index contributed by atoms with van der Waals surface area (Å²) in [5.41, 5.74) is 2.21. The molecule has 12 nitrogen and oxygen atoms in total. The van der Waals surface area contributed by atoms with Crippen molar-refractivity contribution in [2.24, 2.45) is 5.92 Å². The molecular formula is C30H38N4O8. The highest BCUT2D eigenvalue weighted by Crippen LogP contribution is 2.20. The number of esters is 2. The summed E-state index contributed by atoms with van der Waals surface area (Å²) >= 11 is 0. The van der Waals surface area contributed by atoms with Crippen molar-refractivity contribution in [1.29, 1.82) is 0 Å². The van der Waals surface area contributed by atoms with Gasteiger partial charge in [0.15, 0.2) is 0 Å². The van der Waals surface area contributed by atoms with Gasteiger partial charge in [-0.05, 0) is 18.1 Å². The molecule has 3 rings (SSSR count). The van der Waals surface area contributed by atoms with Crippen LogP contribution in [-0.4, -0.2) is 56.1 Å². The van der Waals surface area contributed by atoms with Gasteiger partial charge in [-0.15, -0.1) is 0 Å². The van der Waals surface area contributed by atoms with E-state index in [9.17, 15) is 29.4 Å². The normalized spacial score (nSPS) is 12.7. The first-order chi connectivity index (χ1) is 20.0. The number of hydrogen-bond acceptors (Lipinski definition) is 9. The van der Waals surface area contributed by atoms with Crippen molar-refractivity contribution in [2.75, 3.05) is 0 Å². The van der Waals surface area contributed by atoms with Crippen LogP contribution in [0, 0.1) is 5.92 Å². The maximum absolute atomic E-state index is 11.3. The summed E-state index contributed by atoms with van der Waals surface area (Å²) in [5.74, 6) is -1.74. The van der Waals surface area contributed by atoms with Gasteiger partial charge in [0.2, 0.25) is 0 Å². The average molecular weight is 583 g/mol. The fraction of sp³-hybridized carbons (Fsp3) is 0.367. The first-order valence-corrected chi connectivity index (χ1v) is 13.4. The van der Waals surface area contributed by atoms with Crippen molar-refractivity contribution < 1.29 is 38.9 Å². The molecule has 12 heteroatoms. The monoisotopic (exact) mass is 582 g/mol. The Kier molecular flexibility index (Phi) is 13.9. The second kappa shape index (κ2) is 17.3. The number of nitrogens with zero attached hydrogens (tertiary/aromatic N) is 1. The molecule has 0 amide bonds. The van der Waals surface area contributed by atoms with Gasteiger partial charge in [-0.3, -0.25) is 29.8 Å². The highest BCUT2D eigenvalue weighted by Gasteiger charge is 2.23. The Morgan fingerprint density at radius 1 is 0.857 bits per heavy atom. The Morgan fingerprint density at radius 3 is 1.81 bits per heavy atom. The molecule has 42 heavy (non-hydrogen) atoms. The molecule has 3 atom stereocenters. The maximum Gasteiger partial charge on any atom is 0.321 e. The molecule has 3 unspecified atom stereocenters. The van der Waals surface area contributed by atoms with E-state index in [1.165, 1.54) is 20.2 Å². The number of rotatable bonds is 14. The molecule has 1 aromatic heterocycles. The van der Waals surface area contributed by atoms with Gasteiger partial charge in [-0.25, -0.2) is 4.98 Å². The molecule has 0 saturated carbocycles. The molecule has 0 fully saturated rings. The van der Waals surface area contributed by atoms with Gasteiger partial charge in [0, 0.05) is 56.4 Å². The first kappa shape index (κ1) is 33.7. The van der Waals surface area contributed by atoms with Crippen molar-refractivity contribution in [3.05, 3.63) is 77.9 Å². The molecule has 3 aromatic rings. The van der Waals surface area contributed by atoms with E-state index in [1.54, 1.807) is 48.7 Å². The topological polar surface area (TPSA) is 180 Å². The molecule has 2 aromatic carbocycles. The van der Waals surface area contributed by atoms with Gasteiger partial charge in [0.25, 0.3) is 0 Å². The standard InChI is InChI=1S/C15H17N3O4.C15H21NO4/c1-10(19)22-14-5-3-2-4-11(14)7-17-13(15(20)21)6-12-8-16-9-18-12;1-4-10(2)14(15(18)19)16-9-12-7-5-6-8-13(12)20-11(3)17/h2-5,8-9,13,17H,6-7H2,1H3,(H,16,18)(H,20,21);5-8,10,14,16H,4,9H2,1-3H3,(H,18,19). The predicted molar refractivity (Wildman–Crippen MR) is 154 cm³/mol. The molecular weight excluding hydrogens is 544 g/mol. The molecule has 0 aliphatic rings. The Bertz CT molecular complexity index is 1310. The highest BCUT2D eigenvalue weighted by atomic mass is 16.5. The van der Waals surface area contributed by atoms with Crippen LogP contribution in [0.2, 0.25) is 0 Å². The predicted octanol–water partition coefficient (Wildman–Crippen LogP) is 3.32. The Hall–Kier alpha value is -4.55. The fourth-order valence-corrected chi connectivity index (χ4v) is 3.89. The summed E-state index contributed by atoms with van der Waals surface area (Å²) < 4.78 is 10.2. The molecule has 0 radical (unpaired) electrons. The van der Waals surface area contributed by atoms with E-state index in [0.29, 0.717) is 23.6 Å². The number of H-pyrrole nitrogens is 1. The van der Waals surface area contributed by atoms with Gasteiger partial charge in [0.1, 0.15) is 23.6 Å². The SMILES string of the molecule is CC(=O)Oc1ccccc1CNC(Cc1cnc[nH]1)C(=O)O.CCC(C)C(NCc1ccccc1OC(C)=O)C(=O)O. The number of nitrogens with one attached hydrogen (secondary N) is 3. The number of ether oxygens (including phenoxy) is 2. The molecule has 0 aliphatic carbocycles. The Balaban J connectivity index is 0.000000295. The second-order valence-electron chi connectivity index (χ2n) is 9.54. The lowest BCUT2D eigenvalue weighted by molar-refractivity contribution is -0.141. The van der Waals surface area contributed by atoms with Crippen LogP contribution in [0.3, 0.4) is 0 Å². The van der Waals surface area contributed by atoms with E-state index in [-0.39, 0.29) is 18.9 Å². The third kappa shape index (κ3) is 11.5. The van der Waals surface area contributed by atoms with E-state index in [1.807, 2.05) is 19.9 Å².